The van der Waals surface area contributed by atoms with Crippen molar-refractivity contribution in [2.75, 3.05) is 24.6 Å². The lowest BCUT2D eigenvalue weighted by atomic mass is 10.2. The Labute approximate surface area is 78.9 Å². The van der Waals surface area contributed by atoms with E-state index in [0.717, 1.165) is 37.4 Å². The predicted octanol–water partition coefficient (Wildman–Crippen LogP) is 0.716. The first kappa shape index (κ1) is 11.6. The van der Waals surface area contributed by atoms with Crippen LogP contribution in [0.2, 0.25) is 0 Å². The van der Waals surface area contributed by atoms with Crippen LogP contribution in [0.15, 0.2) is 0 Å². The average molecular weight is 194 g/mol. The summed E-state index contributed by atoms with van der Waals surface area (Å²) in [5.41, 5.74) is 10.7. The van der Waals surface area contributed by atoms with Crippen molar-refractivity contribution in [1.82, 2.24) is 0 Å². The Morgan fingerprint density at radius 2 is 1.82 bits per heavy atom. The van der Waals surface area contributed by atoms with Crippen LogP contribution < -0.4 is 11.5 Å². The number of rotatable bonds is 7. The lowest BCUT2D eigenvalue weighted by Gasteiger charge is -2.07. The van der Waals surface area contributed by atoms with E-state index in [1.807, 2.05) is 11.8 Å². The molecule has 0 heterocycles. The molecule has 0 fully saturated rings. The van der Waals surface area contributed by atoms with Crippen LogP contribution in [0.4, 0.5) is 0 Å². The van der Waals surface area contributed by atoms with E-state index in [1.165, 1.54) is 0 Å². The third-order valence-electron chi connectivity index (χ3n) is 1.36. The highest BCUT2D eigenvalue weighted by atomic mass is 32.2. The molecule has 1 unspecified atom stereocenters. The minimum Gasteiger partial charge on any atom is -0.330 e. The predicted molar refractivity (Wildman–Crippen MR) is 57.4 cm³/mol. The Hall–Kier alpha value is 0.620. The van der Waals surface area contributed by atoms with Gasteiger partial charge in [0.2, 0.25) is 0 Å². The number of nitrogens with two attached hydrogens (primary N) is 2. The van der Waals surface area contributed by atoms with E-state index < -0.39 is 0 Å². The van der Waals surface area contributed by atoms with E-state index in [4.69, 9.17) is 11.5 Å². The minimum absolute atomic E-state index is 0.477. The molecule has 0 saturated heterocycles. The van der Waals surface area contributed by atoms with Crippen molar-refractivity contribution in [3.63, 3.8) is 0 Å². The fraction of sp³-hybridized carbons (Fsp3) is 1.00. The van der Waals surface area contributed by atoms with Crippen LogP contribution in [-0.2, 0) is 0 Å². The molecule has 0 saturated carbocycles. The quantitative estimate of drug-likeness (QED) is 0.413. The van der Waals surface area contributed by atoms with Gasteiger partial charge in [-0.25, -0.2) is 0 Å². The summed E-state index contributed by atoms with van der Waals surface area (Å²) in [6.45, 7) is 1.52. The molecule has 0 aromatic heterocycles. The van der Waals surface area contributed by atoms with E-state index in [9.17, 15) is 0 Å². The maximum atomic E-state index is 5.38. The third kappa shape index (κ3) is 8.53. The summed E-state index contributed by atoms with van der Waals surface area (Å²) < 4.78 is 0. The highest BCUT2D eigenvalue weighted by Gasteiger charge is 2.00. The van der Waals surface area contributed by atoms with Crippen molar-refractivity contribution in [1.29, 1.82) is 0 Å². The fourth-order valence-electron chi connectivity index (χ4n) is 0.741. The monoisotopic (exact) mass is 194 g/mol. The smallest absolute Gasteiger partial charge is 0.00558 e. The van der Waals surface area contributed by atoms with Crippen molar-refractivity contribution in [3.8, 4) is 0 Å². The summed E-state index contributed by atoms with van der Waals surface area (Å²) >= 11 is 6.28. The van der Waals surface area contributed by atoms with Gasteiger partial charge in [-0.3, -0.25) is 0 Å². The van der Waals surface area contributed by atoms with Gasteiger partial charge in [-0.2, -0.15) is 24.4 Å². The number of thiol groups is 1. The molecule has 0 bridgehead atoms. The van der Waals surface area contributed by atoms with E-state index >= 15 is 0 Å². The van der Waals surface area contributed by atoms with Crippen LogP contribution in [0.25, 0.3) is 0 Å². The SMILES string of the molecule is NCCSCCC(S)CCN. The fourth-order valence-corrected chi connectivity index (χ4v) is 2.02. The zero-order valence-electron chi connectivity index (χ0n) is 6.83. The molecule has 1 atom stereocenters. The highest BCUT2D eigenvalue weighted by molar-refractivity contribution is 7.99. The standard InChI is InChI=1S/C7H18N2S2/c8-3-1-7(10)2-5-11-6-4-9/h7,10H,1-6,8-9H2. The molecular weight excluding hydrogens is 176 g/mol. The molecule has 0 radical (unpaired) electrons. The van der Waals surface area contributed by atoms with Crippen molar-refractivity contribution in [2.45, 2.75) is 18.1 Å². The van der Waals surface area contributed by atoms with Crippen LogP contribution in [0.3, 0.4) is 0 Å². The van der Waals surface area contributed by atoms with Gasteiger partial charge in [-0.15, -0.1) is 0 Å². The molecule has 0 aliphatic heterocycles. The molecule has 0 aromatic carbocycles. The number of thioether (sulfide) groups is 1. The minimum atomic E-state index is 0.477. The van der Waals surface area contributed by atoms with E-state index in [1.54, 1.807) is 0 Å². The molecule has 4 N–H and O–H groups in total. The number of hydrogen-bond donors (Lipinski definition) is 3. The summed E-state index contributed by atoms with van der Waals surface area (Å²) in [6.07, 6.45) is 2.16. The molecule has 0 aromatic rings. The molecule has 0 spiro atoms. The van der Waals surface area contributed by atoms with Gasteiger partial charge in [-0.05, 0) is 25.1 Å². The van der Waals surface area contributed by atoms with Crippen LogP contribution in [0.1, 0.15) is 12.8 Å². The summed E-state index contributed by atoms with van der Waals surface area (Å²) in [5.74, 6) is 2.22. The van der Waals surface area contributed by atoms with Gasteiger partial charge < -0.3 is 11.5 Å². The molecule has 0 amide bonds. The normalized spacial score (nSPS) is 13.4. The van der Waals surface area contributed by atoms with Gasteiger partial charge in [0.25, 0.3) is 0 Å². The molecule has 68 valence electrons. The van der Waals surface area contributed by atoms with Gasteiger partial charge >= 0.3 is 0 Å². The number of hydrogen-bond acceptors (Lipinski definition) is 4. The Morgan fingerprint density at radius 1 is 1.09 bits per heavy atom. The van der Waals surface area contributed by atoms with Gasteiger partial charge in [0, 0.05) is 17.5 Å². The summed E-state index contributed by atoms with van der Waals surface area (Å²) in [4.78, 5) is 0. The van der Waals surface area contributed by atoms with E-state index in [2.05, 4.69) is 12.6 Å². The van der Waals surface area contributed by atoms with Gasteiger partial charge in [0.1, 0.15) is 0 Å². The van der Waals surface area contributed by atoms with Crippen molar-refractivity contribution < 1.29 is 0 Å². The second-order valence-electron chi connectivity index (χ2n) is 2.42. The molecule has 0 aliphatic rings. The first-order valence-electron chi connectivity index (χ1n) is 3.97. The molecule has 2 nitrogen and oxygen atoms in total. The van der Waals surface area contributed by atoms with Crippen LogP contribution in [0.5, 0.6) is 0 Å². The van der Waals surface area contributed by atoms with Gasteiger partial charge in [-0.1, -0.05) is 0 Å². The first-order chi connectivity index (χ1) is 5.31. The van der Waals surface area contributed by atoms with E-state index in [0.29, 0.717) is 5.25 Å². The molecular formula is C7H18N2S2. The first-order valence-corrected chi connectivity index (χ1v) is 5.64. The lowest BCUT2D eigenvalue weighted by Crippen LogP contribution is -2.09. The third-order valence-corrected chi connectivity index (χ3v) is 2.92. The van der Waals surface area contributed by atoms with E-state index in [-0.39, 0.29) is 0 Å². The van der Waals surface area contributed by atoms with Crippen molar-refractivity contribution in [3.05, 3.63) is 0 Å². The summed E-state index contributed by atoms with van der Waals surface area (Å²) in [6, 6.07) is 0. The van der Waals surface area contributed by atoms with Crippen molar-refractivity contribution in [2.24, 2.45) is 11.5 Å². The summed E-state index contributed by atoms with van der Waals surface area (Å²) in [7, 11) is 0. The molecule has 11 heavy (non-hydrogen) atoms. The average Bonchev–Trinajstić information content (AvgIpc) is 1.99. The topological polar surface area (TPSA) is 52.0 Å². The molecule has 4 heteroatoms. The Kier molecular flexibility index (Phi) is 9.21. The van der Waals surface area contributed by atoms with Gasteiger partial charge in [0.15, 0.2) is 0 Å². The summed E-state index contributed by atoms with van der Waals surface area (Å²) in [5, 5.41) is 0.477. The maximum absolute atomic E-state index is 5.38. The molecule has 0 rings (SSSR count). The Bertz CT molecular complexity index is 80.8. The second kappa shape index (κ2) is 8.71. The second-order valence-corrected chi connectivity index (χ2v) is 4.38. The zero-order valence-corrected chi connectivity index (χ0v) is 8.54. The lowest BCUT2D eigenvalue weighted by molar-refractivity contribution is 0.755. The van der Waals surface area contributed by atoms with Crippen molar-refractivity contribution >= 4 is 24.4 Å². The Balaban J connectivity index is 2.97. The molecule has 0 aliphatic carbocycles. The zero-order chi connectivity index (χ0) is 8.53. The Morgan fingerprint density at radius 3 is 2.36 bits per heavy atom. The highest BCUT2D eigenvalue weighted by Crippen LogP contribution is 2.10. The van der Waals surface area contributed by atoms with Crippen LogP contribution in [-0.4, -0.2) is 29.8 Å². The van der Waals surface area contributed by atoms with Crippen LogP contribution >= 0.6 is 24.4 Å². The largest absolute Gasteiger partial charge is 0.330 e. The van der Waals surface area contributed by atoms with Gasteiger partial charge in [0.05, 0.1) is 0 Å². The van der Waals surface area contributed by atoms with Crippen LogP contribution in [0, 0.1) is 0 Å². The maximum Gasteiger partial charge on any atom is 0.00558 e.